The largest absolute Gasteiger partial charge is 0.394 e. The number of anilines is 1. The van der Waals surface area contributed by atoms with Crippen LogP contribution in [0.15, 0.2) is 12.5 Å². The van der Waals surface area contributed by atoms with Crippen LogP contribution in [0.1, 0.15) is 33.4 Å². The molecule has 0 aliphatic carbocycles. The monoisotopic (exact) mass is 296 g/mol. The van der Waals surface area contributed by atoms with E-state index in [1.54, 1.807) is 4.57 Å². The molecule has 7 heteroatoms. The molecule has 1 saturated heterocycles. The summed E-state index contributed by atoms with van der Waals surface area (Å²) in [5.74, 6) is -0.190. The third-order valence-corrected chi connectivity index (χ3v) is 3.52. The maximum absolute atomic E-state index is 13.9. The van der Waals surface area contributed by atoms with Crippen LogP contribution in [0.2, 0.25) is 0 Å². The molecule has 0 spiro atoms. The number of nitrogen functional groups attached to an aromatic ring is 1. The lowest BCUT2D eigenvalue weighted by molar-refractivity contribution is -0.0293. The van der Waals surface area contributed by atoms with Gasteiger partial charge < -0.3 is 20.1 Å². The topological polar surface area (TPSA) is 86.2 Å². The van der Waals surface area contributed by atoms with Gasteiger partial charge in [0.15, 0.2) is 11.5 Å². The Bertz CT molecular complexity index is 616. The molecule has 2 aromatic heterocycles. The third kappa shape index (κ3) is 2.71. The van der Waals surface area contributed by atoms with Crippen LogP contribution in [0.4, 0.5) is 10.2 Å². The molecule has 0 saturated carbocycles. The van der Waals surface area contributed by atoms with Crippen LogP contribution in [0.5, 0.6) is 0 Å². The first-order valence-electron chi connectivity index (χ1n) is 7.14. The van der Waals surface area contributed by atoms with Gasteiger partial charge in [0.25, 0.3) is 0 Å². The Morgan fingerprint density at radius 2 is 2.19 bits per heavy atom. The van der Waals surface area contributed by atoms with E-state index in [1.165, 1.54) is 12.5 Å². The first-order valence-corrected chi connectivity index (χ1v) is 7.14. The summed E-state index contributed by atoms with van der Waals surface area (Å²) in [6.07, 6.45) is 2.79. The van der Waals surface area contributed by atoms with Gasteiger partial charge in [0.2, 0.25) is 0 Å². The van der Waals surface area contributed by atoms with Gasteiger partial charge in [-0.1, -0.05) is 20.8 Å². The maximum Gasteiger partial charge on any atom is 0.154 e. The van der Waals surface area contributed by atoms with Gasteiger partial charge in [-0.15, -0.1) is 0 Å². The zero-order valence-corrected chi connectivity index (χ0v) is 12.5. The molecule has 0 unspecified atom stereocenters. The van der Waals surface area contributed by atoms with Crippen LogP contribution in [-0.4, -0.2) is 32.4 Å². The Hall–Kier alpha value is -1.73. The maximum atomic E-state index is 13.9. The van der Waals surface area contributed by atoms with Gasteiger partial charge in [0.1, 0.15) is 18.4 Å². The fraction of sp³-hybridized carbons (Fsp3) is 0.571. The number of fused-ring (bicyclic) bond motifs is 1. The van der Waals surface area contributed by atoms with Crippen molar-refractivity contribution in [3.63, 3.8) is 0 Å². The van der Waals surface area contributed by atoms with Crippen LogP contribution < -0.4 is 5.73 Å². The molecule has 2 aromatic rings. The summed E-state index contributed by atoms with van der Waals surface area (Å²) in [5.41, 5.74) is 6.09. The zero-order chi connectivity index (χ0) is 15.6. The molecule has 0 amide bonds. The molecule has 0 bridgehead atoms. The van der Waals surface area contributed by atoms with Gasteiger partial charge in [-0.05, 0) is 6.42 Å². The molecule has 3 rings (SSSR count). The predicted molar refractivity (Wildman–Crippen MR) is 78.0 cm³/mol. The molecule has 0 aromatic carbocycles. The molecular formula is C14H21FN4O2. The second-order valence-electron chi connectivity index (χ2n) is 4.89. The van der Waals surface area contributed by atoms with Crippen molar-refractivity contribution in [1.29, 1.82) is 0 Å². The molecule has 3 N–H and O–H groups in total. The van der Waals surface area contributed by atoms with E-state index in [1.807, 2.05) is 20.8 Å². The van der Waals surface area contributed by atoms with Crippen molar-refractivity contribution in [3.8, 4) is 0 Å². The highest BCUT2D eigenvalue weighted by atomic mass is 19.1. The van der Waals surface area contributed by atoms with Crippen LogP contribution in [0.25, 0.3) is 11.0 Å². The van der Waals surface area contributed by atoms with E-state index in [0.29, 0.717) is 5.65 Å². The van der Waals surface area contributed by atoms with Gasteiger partial charge in [-0.25, -0.2) is 14.4 Å². The first-order chi connectivity index (χ1) is 10.1. The number of aliphatic hydroxyl groups excluding tert-OH is 1. The minimum absolute atomic E-state index is 0.0420. The Morgan fingerprint density at radius 3 is 2.81 bits per heavy atom. The first kappa shape index (κ1) is 15.7. The van der Waals surface area contributed by atoms with Crippen molar-refractivity contribution in [3.05, 3.63) is 18.3 Å². The van der Waals surface area contributed by atoms with Crippen molar-refractivity contribution in [2.24, 2.45) is 5.92 Å². The Kier molecular flexibility index (Phi) is 4.74. The van der Waals surface area contributed by atoms with Gasteiger partial charge in [-0.2, -0.15) is 0 Å². The highest BCUT2D eigenvalue weighted by molar-refractivity contribution is 5.86. The SMILES string of the molecule is CC.C[C@H]1C[C@@H](CO)O[C@H]1n1cc(F)c2c(N)ncnc21. The summed E-state index contributed by atoms with van der Waals surface area (Å²) in [6, 6.07) is 0. The molecule has 1 aliphatic rings. The van der Waals surface area contributed by atoms with Crippen molar-refractivity contribution in [2.75, 3.05) is 12.3 Å². The van der Waals surface area contributed by atoms with Gasteiger partial charge in [0.05, 0.1) is 18.1 Å². The summed E-state index contributed by atoms with van der Waals surface area (Å²) in [5, 5.41) is 9.37. The average molecular weight is 296 g/mol. The Balaban J connectivity index is 0.000000774. The number of nitrogens with zero attached hydrogens (tertiary/aromatic N) is 3. The number of rotatable bonds is 2. The summed E-state index contributed by atoms with van der Waals surface area (Å²) in [7, 11) is 0. The van der Waals surface area contributed by atoms with Crippen molar-refractivity contribution in [1.82, 2.24) is 14.5 Å². The lowest BCUT2D eigenvalue weighted by Gasteiger charge is -2.17. The summed E-state index contributed by atoms with van der Waals surface area (Å²) in [4.78, 5) is 7.87. The predicted octanol–water partition coefficient (Wildman–Crippen LogP) is 2.09. The molecule has 116 valence electrons. The molecule has 1 aliphatic heterocycles. The van der Waals surface area contributed by atoms with Crippen molar-refractivity contribution in [2.45, 2.75) is 39.5 Å². The number of aromatic nitrogens is 3. The number of halogens is 1. The van der Waals surface area contributed by atoms with E-state index in [-0.39, 0.29) is 36.1 Å². The van der Waals surface area contributed by atoms with Crippen LogP contribution in [0.3, 0.4) is 0 Å². The minimum Gasteiger partial charge on any atom is -0.394 e. The Morgan fingerprint density at radius 1 is 1.48 bits per heavy atom. The highest BCUT2D eigenvalue weighted by Crippen LogP contribution is 2.37. The lowest BCUT2D eigenvalue weighted by Crippen LogP contribution is -2.15. The zero-order valence-electron chi connectivity index (χ0n) is 12.5. The molecule has 3 atom stereocenters. The number of ether oxygens (including phenoxy) is 1. The second kappa shape index (κ2) is 6.36. The van der Waals surface area contributed by atoms with E-state index < -0.39 is 5.82 Å². The number of nitrogens with two attached hydrogens (primary N) is 1. The fourth-order valence-corrected chi connectivity index (χ4v) is 2.63. The fourth-order valence-electron chi connectivity index (χ4n) is 2.63. The molecular weight excluding hydrogens is 275 g/mol. The number of hydrogen-bond acceptors (Lipinski definition) is 5. The van der Waals surface area contributed by atoms with Gasteiger partial charge >= 0.3 is 0 Å². The lowest BCUT2D eigenvalue weighted by atomic mass is 10.1. The van der Waals surface area contributed by atoms with E-state index in [9.17, 15) is 4.39 Å². The molecule has 21 heavy (non-hydrogen) atoms. The van der Waals surface area contributed by atoms with E-state index in [0.717, 1.165) is 6.42 Å². The smallest absolute Gasteiger partial charge is 0.154 e. The van der Waals surface area contributed by atoms with Crippen LogP contribution in [0, 0.1) is 11.7 Å². The van der Waals surface area contributed by atoms with E-state index in [2.05, 4.69) is 9.97 Å². The summed E-state index contributed by atoms with van der Waals surface area (Å²) >= 11 is 0. The van der Waals surface area contributed by atoms with E-state index >= 15 is 0 Å². The van der Waals surface area contributed by atoms with Gasteiger partial charge in [-0.3, -0.25) is 0 Å². The normalized spacial score (nSPS) is 24.9. The van der Waals surface area contributed by atoms with Gasteiger partial charge in [0, 0.05) is 12.1 Å². The van der Waals surface area contributed by atoms with Crippen molar-refractivity contribution < 1.29 is 14.2 Å². The minimum atomic E-state index is -0.462. The second-order valence-corrected chi connectivity index (χ2v) is 4.89. The molecule has 6 nitrogen and oxygen atoms in total. The molecule has 0 radical (unpaired) electrons. The molecule has 1 fully saturated rings. The standard InChI is InChI=1S/C12H15FN4O2.C2H6/c1-6-2-7(4-18)19-12(6)17-3-8(13)9-10(14)15-5-16-11(9)17;1-2/h3,5-7,12,18H,2,4H2,1H3,(H2,14,15,16);1-2H3/t6-,7-,12+;/m0./s1. The van der Waals surface area contributed by atoms with Crippen LogP contribution in [-0.2, 0) is 4.74 Å². The number of hydrogen-bond donors (Lipinski definition) is 2. The summed E-state index contributed by atoms with van der Waals surface area (Å²) in [6.45, 7) is 5.95. The quantitative estimate of drug-likeness (QED) is 0.886. The molecule has 3 heterocycles. The average Bonchev–Trinajstić information content (AvgIpc) is 3.02. The Labute approximate surface area is 122 Å². The number of aliphatic hydroxyl groups is 1. The third-order valence-electron chi connectivity index (χ3n) is 3.52. The van der Waals surface area contributed by atoms with Crippen LogP contribution >= 0.6 is 0 Å². The highest BCUT2D eigenvalue weighted by Gasteiger charge is 2.34. The van der Waals surface area contributed by atoms with Crippen molar-refractivity contribution >= 4 is 16.9 Å². The summed E-state index contributed by atoms with van der Waals surface area (Å²) < 4.78 is 21.3. The van der Waals surface area contributed by atoms with E-state index in [4.69, 9.17) is 15.6 Å².